The average molecular weight is 314 g/mol. The molecule has 0 bridgehead atoms. The minimum absolute atomic E-state index is 0.152. The second-order valence-corrected chi connectivity index (χ2v) is 6.81. The van der Waals surface area contributed by atoms with E-state index in [-0.39, 0.29) is 10.7 Å². The van der Waals surface area contributed by atoms with Crippen LogP contribution in [0.25, 0.3) is 0 Å². The molecule has 0 aromatic heterocycles. The first-order valence-electron chi connectivity index (χ1n) is 7.58. The summed E-state index contributed by atoms with van der Waals surface area (Å²) in [6.07, 6.45) is 4.53. The highest BCUT2D eigenvalue weighted by molar-refractivity contribution is 8.00. The molecule has 6 heteroatoms. The van der Waals surface area contributed by atoms with Crippen molar-refractivity contribution >= 4 is 29.6 Å². The van der Waals surface area contributed by atoms with Crippen molar-refractivity contribution in [3.63, 3.8) is 0 Å². The molecule has 1 aliphatic rings. The molecule has 1 saturated heterocycles. The zero-order chi connectivity index (χ0) is 16.3. The molecule has 0 spiro atoms. The number of hydrogen-bond acceptors (Lipinski definition) is 4. The molecule has 0 aliphatic carbocycles. The molecular weight excluding hydrogens is 288 g/mol. The van der Waals surface area contributed by atoms with Crippen molar-refractivity contribution in [3.8, 4) is 0 Å². The monoisotopic (exact) mass is 314 g/mol. The van der Waals surface area contributed by atoms with Crippen LogP contribution < -0.4 is 5.32 Å². The van der Waals surface area contributed by atoms with Gasteiger partial charge < -0.3 is 0 Å². The molecule has 1 N–H and O–H groups in total. The second-order valence-electron chi connectivity index (χ2n) is 5.53. The van der Waals surface area contributed by atoms with Crippen molar-refractivity contribution in [2.24, 2.45) is 5.41 Å². The normalized spacial score (nSPS) is 18.9. The standard InChI is InChI=1S/C15H26N2O3S/c1-6-14(7-2,21-5)10-17-12(19)15(8-3,9-4)11(18)16-13(17)20/h6-10H2,1-5H3,(H,16,18,20). The molecule has 0 unspecified atom stereocenters. The molecule has 0 radical (unpaired) electrons. The van der Waals surface area contributed by atoms with E-state index < -0.39 is 17.4 Å². The summed E-state index contributed by atoms with van der Waals surface area (Å²) >= 11 is 1.67. The first-order valence-corrected chi connectivity index (χ1v) is 8.81. The van der Waals surface area contributed by atoms with Crippen molar-refractivity contribution in [2.45, 2.75) is 58.1 Å². The van der Waals surface area contributed by atoms with Gasteiger partial charge in [-0.1, -0.05) is 27.7 Å². The molecule has 21 heavy (non-hydrogen) atoms. The molecule has 5 nitrogen and oxygen atoms in total. The van der Waals surface area contributed by atoms with Gasteiger partial charge in [0, 0.05) is 11.3 Å². The van der Waals surface area contributed by atoms with E-state index in [1.165, 1.54) is 4.90 Å². The Morgan fingerprint density at radius 3 is 2.00 bits per heavy atom. The summed E-state index contributed by atoms with van der Waals surface area (Å²) in [5, 5.41) is 2.37. The van der Waals surface area contributed by atoms with Gasteiger partial charge in [0.25, 0.3) is 0 Å². The SMILES string of the molecule is CCC(CC)(CN1C(=O)NC(=O)C(CC)(CC)C1=O)SC. The first kappa shape index (κ1) is 18.0. The molecular formula is C15H26N2O3S. The van der Waals surface area contributed by atoms with Crippen LogP contribution in [0.4, 0.5) is 4.79 Å². The Bertz CT molecular complexity index is 420. The quantitative estimate of drug-likeness (QED) is 0.734. The van der Waals surface area contributed by atoms with Gasteiger partial charge in [0.1, 0.15) is 5.41 Å². The zero-order valence-corrected chi connectivity index (χ0v) is 14.4. The predicted octanol–water partition coefficient (Wildman–Crippen LogP) is 2.79. The number of amides is 4. The number of nitrogens with one attached hydrogen (secondary N) is 1. The van der Waals surface area contributed by atoms with Crippen LogP contribution in [0, 0.1) is 5.41 Å². The van der Waals surface area contributed by atoms with E-state index in [2.05, 4.69) is 19.2 Å². The van der Waals surface area contributed by atoms with Crippen molar-refractivity contribution in [2.75, 3.05) is 12.8 Å². The Morgan fingerprint density at radius 2 is 1.62 bits per heavy atom. The van der Waals surface area contributed by atoms with E-state index in [1.54, 1.807) is 11.8 Å². The molecule has 1 aliphatic heterocycles. The molecule has 0 aromatic rings. The summed E-state index contributed by atoms with van der Waals surface area (Å²) < 4.78 is -0.152. The second kappa shape index (κ2) is 6.81. The number of hydrogen-bond donors (Lipinski definition) is 1. The maximum absolute atomic E-state index is 12.8. The van der Waals surface area contributed by atoms with Crippen molar-refractivity contribution in [3.05, 3.63) is 0 Å². The summed E-state index contributed by atoms with van der Waals surface area (Å²) in [4.78, 5) is 38.3. The topological polar surface area (TPSA) is 66.5 Å². The highest BCUT2D eigenvalue weighted by Crippen LogP contribution is 2.36. The van der Waals surface area contributed by atoms with Gasteiger partial charge in [-0.05, 0) is 31.9 Å². The van der Waals surface area contributed by atoms with E-state index >= 15 is 0 Å². The van der Waals surface area contributed by atoms with E-state index in [0.717, 1.165) is 12.8 Å². The van der Waals surface area contributed by atoms with Crippen LogP contribution in [0.3, 0.4) is 0 Å². The smallest absolute Gasteiger partial charge is 0.277 e. The lowest BCUT2D eigenvalue weighted by molar-refractivity contribution is -0.152. The van der Waals surface area contributed by atoms with Crippen LogP contribution >= 0.6 is 11.8 Å². The number of carbonyl (C=O) groups is 3. The van der Waals surface area contributed by atoms with Crippen LogP contribution in [0.15, 0.2) is 0 Å². The maximum Gasteiger partial charge on any atom is 0.330 e. The van der Waals surface area contributed by atoms with Gasteiger partial charge in [-0.25, -0.2) is 4.79 Å². The lowest BCUT2D eigenvalue weighted by Gasteiger charge is -2.42. The number of urea groups is 1. The van der Waals surface area contributed by atoms with Crippen LogP contribution in [-0.2, 0) is 9.59 Å². The third-order valence-electron chi connectivity index (χ3n) is 4.93. The largest absolute Gasteiger partial charge is 0.330 e. The Morgan fingerprint density at radius 1 is 1.10 bits per heavy atom. The Kier molecular flexibility index (Phi) is 5.84. The number of barbiturate groups is 1. The highest BCUT2D eigenvalue weighted by atomic mass is 32.2. The molecule has 4 amide bonds. The van der Waals surface area contributed by atoms with E-state index in [1.807, 2.05) is 20.1 Å². The van der Waals surface area contributed by atoms with Gasteiger partial charge in [-0.15, -0.1) is 0 Å². The van der Waals surface area contributed by atoms with Gasteiger partial charge in [-0.3, -0.25) is 19.8 Å². The van der Waals surface area contributed by atoms with Crippen LogP contribution in [-0.4, -0.2) is 40.3 Å². The van der Waals surface area contributed by atoms with Crippen molar-refractivity contribution in [1.29, 1.82) is 0 Å². The van der Waals surface area contributed by atoms with Crippen LogP contribution in [0.1, 0.15) is 53.4 Å². The molecule has 1 fully saturated rings. The molecule has 120 valence electrons. The summed E-state index contributed by atoms with van der Waals surface area (Å²) in [5.41, 5.74) is -1.10. The number of imide groups is 2. The minimum atomic E-state index is -1.10. The molecule has 1 rings (SSSR count). The average Bonchev–Trinajstić information content (AvgIpc) is 2.49. The molecule has 1 heterocycles. The maximum atomic E-state index is 12.8. The van der Waals surface area contributed by atoms with E-state index in [9.17, 15) is 14.4 Å². The van der Waals surface area contributed by atoms with Crippen LogP contribution in [0.5, 0.6) is 0 Å². The summed E-state index contributed by atoms with van der Waals surface area (Å²) in [7, 11) is 0. The molecule has 0 atom stereocenters. The molecule has 0 saturated carbocycles. The zero-order valence-electron chi connectivity index (χ0n) is 13.6. The Hall–Kier alpha value is -1.04. The van der Waals surface area contributed by atoms with Gasteiger partial charge >= 0.3 is 6.03 Å². The fourth-order valence-corrected chi connectivity index (χ4v) is 3.70. The number of nitrogens with zero attached hydrogens (tertiary/aromatic N) is 1. The summed E-state index contributed by atoms with van der Waals surface area (Å²) in [6, 6.07) is -0.581. The minimum Gasteiger partial charge on any atom is -0.277 e. The number of carbonyl (C=O) groups excluding carboxylic acids is 3. The van der Waals surface area contributed by atoms with E-state index in [0.29, 0.717) is 19.4 Å². The van der Waals surface area contributed by atoms with Gasteiger partial charge in [0.2, 0.25) is 11.8 Å². The first-order chi connectivity index (χ1) is 9.86. The fourth-order valence-electron chi connectivity index (χ4n) is 2.86. The van der Waals surface area contributed by atoms with Gasteiger partial charge in [0.15, 0.2) is 0 Å². The summed E-state index contributed by atoms with van der Waals surface area (Å²) in [6.45, 7) is 8.10. The fraction of sp³-hybridized carbons (Fsp3) is 0.800. The van der Waals surface area contributed by atoms with Crippen molar-refractivity contribution in [1.82, 2.24) is 10.2 Å². The Labute approximate surface area is 131 Å². The van der Waals surface area contributed by atoms with Crippen molar-refractivity contribution < 1.29 is 14.4 Å². The number of thioether (sulfide) groups is 1. The lowest BCUT2D eigenvalue weighted by Crippen LogP contribution is -2.65. The summed E-state index contributed by atoms with van der Waals surface area (Å²) in [5.74, 6) is -0.803. The Balaban J connectivity index is 3.14. The van der Waals surface area contributed by atoms with Crippen LogP contribution in [0.2, 0.25) is 0 Å². The third kappa shape index (κ3) is 2.96. The predicted molar refractivity (Wildman–Crippen MR) is 85.1 cm³/mol. The van der Waals surface area contributed by atoms with Gasteiger partial charge in [-0.2, -0.15) is 11.8 Å². The van der Waals surface area contributed by atoms with E-state index in [4.69, 9.17) is 0 Å². The lowest BCUT2D eigenvalue weighted by atomic mass is 9.78. The molecule has 0 aromatic carbocycles. The highest BCUT2D eigenvalue weighted by Gasteiger charge is 2.52. The third-order valence-corrected chi connectivity index (χ3v) is 6.50. The number of rotatable bonds is 7. The van der Waals surface area contributed by atoms with Gasteiger partial charge in [0.05, 0.1) is 0 Å².